The van der Waals surface area contributed by atoms with Crippen LogP contribution in [0, 0.1) is 5.92 Å². The van der Waals surface area contributed by atoms with Crippen LogP contribution >= 0.6 is 15.9 Å². The summed E-state index contributed by atoms with van der Waals surface area (Å²) in [6.07, 6.45) is 4.49. The van der Waals surface area contributed by atoms with Crippen LogP contribution in [0.25, 0.3) is 0 Å². The Hall–Kier alpha value is -0.640. The highest BCUT2D eigenvalue weighted by Gasteiger charge is 2.25. The number of carbonyl (C=O) groups excluding carboxylic acids is 1. The second-order valence-electron chi connectivity index (χ2n) is 4.73. The Bertz CT molecular complexity index is 425. The Labute approximate surface area is 111 Å². The fraction of sp³-hybridized carbons (Fsp3) is 0.692. The third-order valence-corrected chi connectivity index (χ3v) is 4.44. The average molecular weight is 299 g/mol. The van der Waals surface area contributed by atoms with Gasteiger partial charge in [0.15, 0.2) is 0 Å². The first-order chi connectivity index (χ1) is 8.15. The van der Waals surface area contributed by atoms with Gasteiger partial charge in [-0.15, -0.1) is 0 Å². The van der Waals surface area contributed by atoms with E-state index in [9.17, 15) is 4.79 Å². The molecule has 2 rings (SSSR count). The van der Waals surface area contributed by atoms with Crippen molar-refractivity contribution < 1.29 is 4.79 Å². The van der Waals surface area contributed by atoms with E-state index in [4.69, 9.17) is 0 Å². The molecule has 0 spiro atoms. The number of aromatic nitrogens is 2. The van der Waals surface area contributed by atoms with E-state index in [2.05, 4.69) is 39.6 Å². The van der Waals surface area contributed by atoms with Gasteiger partial charge in [-0.2, -0.15) is 5.10 Å². The van der Waals surface area contributed by atoms with E-state index >= 15 is 0 Å². The largest absolute Gasteiger partial charge is 0.300 e. The van der Waals surface area contributed by atoms with Gasteiger partial charge in [0.05, 0.1) is 15.9 Å². The summed E-state index contributed by atoms with van der Waals surface area (Å²) in [4.78, 5) is 11.3. The van der Waals surface area contributed by atoms with Crippen molar-refractivity contribution in [1.82, 2.24) is 9.78 Å². The predicted molar refractivity (Wildman–Crippen MR) is 71.0 cm³/mol. The molecule has 1 aliphatic rings. The van der Waals surface area contributed by atoms with Gasteiger partial charge >= 0.3 is 0 Å². The second-order valence-corrected chi connectivity index (χ2v) is 5.52. The quantitative estimate of drug-likeness (QED) is 0.856. The van der Waals surface area contributed by atoms with Crippen molar-refractivity contribution in [2.24, 2.45) is 5.92 Å². The summed E-state index contributed by atoms with van der Waals surface area (Å²) >= 11 is 3.66. The smallest absolute Gasteiger partial charge is 0.133 e. The molecule has 4 heteroatoms. The molecule has 1 saturated carbocycles. The minimum Gasteiger partial charge on any atom is -0.300 e. The number of halogens is 1. The molecule has 1 atom stereocenters. The molecule has 0 aliphatic heterocycles. The molecular formula is C13H19BrN2O. The molecule has 1 aromatic rings. The monoisotopic (exact) mass is 298 g/mol. The number of hydrogen-bond donors (Lipinski definition) is 0. The lowest BCUT2D eigenvalue weighted by molar-refractivity contribution is -0.117. The SMILES string of the molecule is CCc1nn(CC)c(CC2CCC(=O)C2)c1Br. The van der Waals surface area contributed by atoms with Crippen LogP contribution in [-0.4, -0.2) is 15.6 Å². The van der Waals surface area contributed by atoms with Crippen molar-refractivity contribution in [1.29, 1.82) is 0 Å². The first-order valence-corrected chi connectivity index (χ1v) is 7.20. The van der Waals surface area contributed by atoms with Gasteiger partial charge in [0.2, 0.25) is 0 Å². The lowest BCUT2D eigenvalue weighted by Crippen LogP contribution is -2.08. The summed E-state index contributed by atoms with van der Waals surface area (Å²) in [7, 11) is 0. The van der Waals surface area contributed by atoms with E-state index in [0.29, 0.717) is 11.7 Å². The Kier molecular flexibility index (Phi) is 4.02. The molecule has 0 bridgehead atoms. The van der Waals surface area contributed by atoms with E-state index < -0.39 is 0 Å². The zero-order chi connectivity index (χ0) is 12.4. The maximum atomic E-state index is 11.3. The van der Waals surface area contributed by atoms with Crippen molar-refractivity contribution in [3.05, 3.63) is 15.9 Å². The minimum absolute atomic E-state index is 0.421. The molecule has 1 heterocycles. The predicted octanol–water partition coefficient (Wildman–Crippen LogP) is 3.14. The number of hydrogen-bond acceptors (Lipinski definition) is 2. The molecular weight excluding hydrogens is 280 g/mol. The summed E-state index contributed by atoms with van der Waals surface area (Å²) in [6.45, 7) is 5.13. The molecule has 1 unspecified atom stereocenters. The van der Waals surface area contributed by atoms with Crippen LogP contribution in [-0.2, 0) is 24.2 Å². The van der Waals surface area contributed by atoms with Crippen molar-refractivity contribution in [2.45, 2.75) is 52.5 Å². The van der Waals surface area contributed by atoms with Crippen LogP contribution in [0.5, 0.6) is 0 Å². The molecule has 1 aliphatic carbocycles. The topological polar surface area (TPSA) is 34.9 Å². The average Bonchev–Trinajstić information content (AvgIpc) is 2.85. The zero-order valence-electron chi connectivity index (χ0n) is 10.5. The number of carbonyl (C=O) groups is 1. The Morgan fingerprint density at radius 2 is 2.24 bits per heavy atom. The molecule has 0 N–H and O–H groups in total. The normalized spacial score (nSPS) is 20.2. The van der Waals surface area contributed by atoms with E-state index in [1.165, 1.54) is 5.69 Å². The van der Waals surface area contributed by atoms with Gasteiger partial charge in [-0.25, -0.2) is 0 Å². The summed E-state index contributed by atoms with van der Waals surface area (Å²) in [5.74, 6) is 0.940. The lowest BCUT2D eigenvalue weighted by Gasteiger charge is -2.10. The van der Waals surface area contributed by atoms with Crippen molar-refractivity contribution in [2.75, 3.05) is 0 Å². The number of nitrogens with zero attached hydrogens (tertiary/aromatic N) is 2. The lowest BCUT2D eigenvalue weighted by atomic mass is 10.0. The molecule has 1 fully saturated rings. The molecule has 0 aromatic carbocycles. The van der Waals surface area contributed by atoms with Gasteiger partial charge < -0.3 is 0 Å². The summed E-state index contributed by atoms with van der Waals surface area (Å²) in [6, 6.07) is 0. The third kappa shape index (κ3) is 2.62. The van der Waals surface area contributed by atoms with Gasteiger partial charge in [0.25, 0.3) is 0 Å². The molecule has 94 valence electrons. The van der Waals surface area contributed by atoms with E-state index in [1.54, 1.807) is 0 Å². The maximum Gasteiger partial charge on any atom is 0.133 e. The minimum atomic E-state index is 0.421. The molecule has 0 amide bonds. The van der Waals surface area contributed by atoms with Crippen LogP contribution in [0.3, 0.4) is 0 Å². The second kappa shape index (κ2) is 5.34. The standard InChI is InChI=1S/C13H19BrN2O/c1-3-11-13(14)12(16(4-2)15-11)8-9-5-6-10(17)7-9/h9H,3-8H2,1-2H3. The fourth-order valence-corrected chi connectivity index (χ4v) is 3.28. The van der Waals surface area contributed by atoms with Gasteiger partial charge in [-0.05, 0) is 48.0 Å². The van der Waals surface area contributed by atoms with Crippen LogP contribution < -0.4 is 0 Å². The summed E-state index contributed by atoms with van der Waals surface area (Å²) in [5, 5.41) is 4.59. The summed E-state index contributed by atoms with van der Waals surface area (Å²) < 4.78 is 3.23. The summed E-state index contributed by atoms with van der Waals surface area (Å²) in [5.41, 5.74) is 2.40. The van der Waals surface area contributed by atoms with Crippen molar-refractivity contribution in [3.63, 3.8) is 0 Å². The molecule has 0 saturated heterocycles. The van der Waals surface area contributed by atoms with Crippen LogP contribution in [0.2, 0.25) is 0 Å². The molecule has 1 aromatic heterocycles. The Balaban J connectivity index is 2.19. The third-order valence-electron chi connectivity index (χ3n) is 3.52. The first kappa shape index (κ1) is 12.8. The molecule has 3 nitrogen and oxygen atoms in total. The van der Waals surface area contributed by atoms with Crippen LogP contribution in [0.4, 0.5) is 0 Å². The highest BCUT2D eigenvalue weighted by atomic mass is 79.9. The number of aryl methyl sites for hydroxylation is 2. The van der Waals surface area contributed by atoms with E-state index in [-0.39, 0.29) is 0 Å². The number of Topliss-reactive ketones (excluding diaryl/α,β-unsaturated/α-hetero) is 1. The van der Waals surface area contributed by atoms with Crippen molar-refractivity contribution in [3.8, 4) is 0 Å². The van der Waals surface area contributed by atoms with E-state index in [0.717, 1.165) is 48.8 Å². The Morgan fingerprint density at radius 1 is 1.47 bits per heavy atom. The highest BCUT2D eigenvalue weighted by molar-refractivity contribution is 9.10. The Morgan fingerprint density at radius 3 is 2.76 bits per heavy atom. The van der Waals surface area contributed by atoms with Gasteiger partial charge in [0, 0.05) is 19.4 Å². The maximum absolute atomic E-state index is 11.3. The first-order valence-electron chi connectivity index (χ1n) is 6.41. The number of rotatable bonds is 4. The fourth-order valence-electron chi connectivity index (χ4n) is 2.55. The van der Waals surface area contributed by atoms with Crippen LogP contribution in [0.15, 0.2) is 4.47 Å². The van der Waals surface area contributed by atoms with Crippen molar-refractivity contribution >= 4 is 21.7 Å². The molecule has 17 heavy (non-hydrogen) atoms. The van der Waals surface area contributed by atoms with Crippen LogP contribution in [0.1, 0.15) is 44.5 Å². The van der Waals surface area contributed by atoms with E-state index in [1.807, 2.05) is 0 Å². The van der Waals surface area contributed by atoms with Gasteiger partial charge in [0.1, 0.15) is 5.78 Å². The number of ketones is 1. The molecule has 0 radical (unpaired) electrons. The highest BCUT2D eigenvalue weighted by Crippen LogP contribution is 2.30. The zero-order valence-corrected chi connectivity index (χ0v) is 12.1. The van der Waals surface area contributed by atoms with Gasteiger partial charge in [-0.1, -0.05) is 6.92 Å². The van der Waals surface area contributed by atoms with Gasteiger partial charge in [-0.3, -0.25) is 9.48 Å².